The minimum Gasteiger partial charge on any atom is -0.497 e. The fourth-order valence-corrected chi connectivity index (χ4v) is 2.13. The third-order valence-electron chi connectivity index (χ3n) is 3.42. The molecule has 0 N–H and O–H groups in total. The second kappa shape index (κ2) is 8.21. The van der Waals surface area contributed by atoms with Crippen LogP contribution in [0.1, 0.15) is 11.7 Å². The van der Waals surface area contributed by atoms with Crippen molar-refractivity contribution in [3.8, 4) is 28.8 Å². The van der Waals surface area contributed by atoms with E-state index in [4.69, 9.17) is 28.0 Å². The molecular formula is C17H17N3O7. The number of hydrogen-bond donors (Lipinski definition) is 0. The molecule has 3 aromatic rings. The van der Waals surface area contributed by atoms with E-state index in [9.17, 15) is 4.79 Å². The second-order valence-electron chi connectivity index (χ2n) is 5.30. The Morgan fingerprint density at radius 1 is 1.11 bits per heavy atom. The molecule has 0 atom stereocenters. The summed E-state index contributed by atoms with van der Waals surface area (Å²) in [6.45, 7) is 1.20. The zero-order chi connectivity index (χ0) is 19.2. The molecule has 0 radical (unpaired) electrons. The highest BCUT2D eigenvalue weighted by Crippen LogP contribution is 2.31. The molecule has 0 aliphatic rings. The molecule has 0 aliphatic heterocycles. The van der Waals surface area contributed by atoms with E-state index in [1.165, 1.54) is 7.11 Å². The monoisotopic (exact) mass is 375 g/mol. The molecule has 0 aliphatic carbocycles. The Morgan fingerprint density at radius 3 is 2.67 bits per heavy atom. The molecule has 0 spiro atoms. The molecule has 2 heterocycles. The highest BCUT2D eigenvalue weighted by molar-refractivity contribution is 5.71. The van der Waals surface area contributed by atoms with Gasteiger partial charge in [-0.2, -0.15) is 4.98 Å². The van der Waals surface area contributed by atoms with Gasteiger partial charge < -0.3 is 28.0 Å². The predicted octanol–water partition coefficient (Wildman–Crippen LogP) is 2.17. The topological polar surface area (TPSA) is 119 Å². The summed E-state index contributed by atoms with van der Waals surface area (Å²) >= 11 is 0. The van der Waals surface area contributed by atoms with Gasteiger partial charge in [0.05, 0.1) is 19.8 Å². The van der Waals surface area contributed by atoms with Crippen molar-refractivity contribution < 1.29 is 32.8 Å². The SMILES string of the molecule is COc1ccc(-c2noc(COC(=O)COc3cc(C)on3)n2)c(OC)c1. The summed E-state index contributed by atoms with van der Waals surface area (Å²) < 4.78 is 30.5. The highest BCUT2D eigenvalue weighted by Gasteiger charge is 2.16. The van der Waals surface area contributed by atoms with Crippen LogP contribution in [0.4, 0.5) is 0 Å². The largest absolute Gasteiger partial charge is 0.497 e. The average Bonchev–Trinajstić information content (AvgIpc) is 3.33. The third-order valence-corrected chi connectivity index (χ3v) is 3.42. The third kappa shape index (κ3) is 4.54. The number of hydrogen-bond acceptors (Lipinski definition) is 10. The summed E-state index contributed by atoms with van der Waals surface area (Å²) in [4.78, 5) is 15.9. The van der Waals surface area contributed by atoms with Crippen molar-refractivity contribution in [3.63, 3.8) is 0 Å². The van der Waals surface area contributed by atoms with Crippen LogP contribution in [0.3, 0.4) is 0 Å². The molecule has 142 valence electrons. The standard InChI is InChI=1S/C17H17N3O7/c1-10-6-14(19-26-10)24-9-16(21)25-8-15-18-17(20-27-15)12-5-4-11(22-2)7-13(12)23-3/h4-7H,8-9H2,1-3H3. The Hall–Kier alpha value is -3.56. The molecule has 0 amide bonds. The van der Waals surface area contributed by atoms with Crippen LogP contribution < -0.4 is 14.2 Å². The first-order valence-electron chi connectivity index (χ1n) is 7.85. The number of methoxy groups -OCH3 is 2. The first kappa shape index (κ1) is 18.2. The van der Waals surface area contributed by atoms with E-state index < -0.39 is 5.97 Å². The molecule has 0 fully saturated rings. The minimum atomic E-state index is -0.613. The molecule has 27 heavy (non-hydrogen) atoms. The van der Waals surface area contributed by atoms with Crippen molar-refractivity contribution in [1.29, 1.82) is 0 Å². The first-order chi connectivity index (χ1) is 13.1. The minimum absolute atomic E-state index is 0.133. The summed E-state index contributed by atoms with van der Waals surface area (Å²) in [7, 11) is 3.08. The fraction of sp³-hybridized carbons (Fsp3) is 0.294. The van der Waals surface area contributed by atoms with Crippen LogP contribution in [0.2, 0.25) is 0 Å². The summed E-state index contributed by atoms with van der Waals surface area (Å²) in [5.74, 6) is 1.76. The van der Waals surface area contributed by atoms with Crippen LogP contribution >= 0.6 is 0 Å². The van der Waals surface area contributed by atoms with Crippen molar-refractivity contribution in [2.45, 2.75) is 13.5 Å². The lowest BCUT2D eigenvalue weighted by Crippen LogP contribution is -2.15. The van der Waals surface area contributed by atoms with Gasteiger partial charge in [0, 0.05) is 12.1 Å². The molecule has 2 aromatic heterocycles. The van der Waals surface area contributed by atoms with Gasteiger partial charge in [-0.05, 0) is 24.2 Å². The number of aromatic nitrogens is 3. The Morgan fingerprint density at radius 2 is 1.96 bits per heavy atom. The normalized spacial score (nSPS) is 10.5. The van der Waals surface area contributed by atoms with Crippen LogP contribution in [0.15, 0.2) is 33.3 Å². The Labute approximate surface area is 154 Å². The van der Waals surface area contributed by atoms with Crippen LogP contribution in [0.25, 0.3) is 11.4 Å². The first-order valence-corrected chi connectivity index (χ1v) is 7.85. The fourth-order valence-electron chi connectivity index (χ4n) is 2.13. The van der Waals surface area contributed by atoms with E-state index >= 15 is 0 Å². The number of rotatable bonds is 8. The highest BCUT2D eigenvalue weighted by atomic mass is 16.6. The molecule has 3 rings (SSSR count). The van der Waals surface area contributed by atoms with Gasteiger partial charge in [-0.1, -0.05) is 5.16 Å². The van der Waals surface area contributed by atoms with Gasteiger partial charge >= 0.3 is 5.97 Å². The Bertz CT molecular complexity index is 919. The number of esters is 1. The van der Waals surface area contributed by atoms with Gasteiger partial charge in [-0.25, -0.2) is 4.79 Å². The molecule has 0 unspecified atom stereocenters. The van der Waals surface area contributed by atoms with E-state index in [2.05, 4.69) is 15.3 Å². The average molecular weight is 375 g/mol. The smallest absolute Gasteiger partial charge is 0.344 e. The maximum absolute atomic E-state index is 11.7. The summed E-state index contributed by atoms with van der Waals surface area (Å²) in [5.41, 5.74) is 0.615. The lowest BCUT2D eigenvalue weighted by Gasteiger charge is -2.07. The predicted molar refractivity (Wildman–Crippen MR) is 89.4 cm³/mol. The number of nitrogens with zero attached hydrogens (tertiary/aromatic N) is 3. The van der Waals surface area contributed by atoms with Gasteiger partial charge in [0.15, 0.2) is 13.2 Å². The number of benzene rings is 1. The van der Waals surface area contributed by atoms with Gasteiger partial charge in [-0.3, -0.25) is 0 Å². The van der Waals surface area contributed by atoms with Crippen molar-refractivity contribution >= 4 is 5.97 Å². The summed E-state index contributed by atoms with van der Waals surface area (Å²) in [5, 5.41) is 7.48. The molecule has 0 saturated carbocycles. The van der Waals surface area contributed by atoms with Gasteiger partial charge in [0.2, 0.25) is 5.82 Å². The maximum Gasteiger partial charge on any atom is 0.344 e. The molecule has 10 nitrogen and oxygen atoms in total. The summed E-state index contributed by atoms with van der Waals surface area (Å²) in [6, 6.07) is 6.75. The number of carbonyl (C=O) groups is 1. The van der Waals surface area contributed by atoms with Crippen molar-refractivity contribution in [3.05, 3.63) is 35.9 Å². The lowest BCUT2D eigenvalue weighted by atomic mass is 10.2. The molecular weight excluding hydrogens is 358 g/mol. The van der Waals surface area contributed by atoms with Crippen LogP contribution in [-0.4, -0.2) is 42.1 Å². The van der Waals surface area contributed by atoms with E-state index in [1.807, 2.05) is 0 Å². The van der Waals surface area contributed by atoms with E-state index in [0.29, 0.717) is 28.6 Å². The quantitative estimate of drug-likeness (QED) is 0.542. The Kier molecular flexibility index (Phi) is 5.55. The van der Waals surface area contributed by atoms with Gasteiger partial charge in [0.25, 0.3) is 11.8 Å². The zero-order valence-corrected chi connectivity index (χ0v) is 14.9. The summed E-state index contributed by atoms with van der Waals surface area (Å²) in [6.07, 6.45) is 0. The zero-order valence-electron chi connectivity index (χ0n) is 14.9. The molecule has 10 heteroatoms. The van der Waals surface area contributed by atoms with Crippen LogP contribution in [-0.2, 0) is 16.1 Å². The van der Waals surface area contributed by atoms with E-state index in [1.54, 1.807) is 38.3 Å². The van der Waals surface area contributed by atoms with E-state index in [-0.39, 0.29) is 25.0 Å². The molecule has 0 saturated heterocycles. The number of aryl methyl sites for hydroxylation is 1. The van der Waals surface area contributed by atoms with Crippen molar-refractivity contribution in [2.75, 3.05) is 20.8 Å². The lowest BCUT2D eigenvalue weighted by molar-refractivity contribution is -0.148. The molecule has 1 aromatic carbocycles. The van der Waals surface area contributed by atoms with Crippen LogP contribution in [0.5, 0.6) is 17.4 Å². The number of ether oxygens (including phenoxy) is 4. The molecule has 0 bridgehead atoms. The van der Waals surface area contributed by atoms with Crippen molar-refractivity contribution in [2.24, 2.45) is 0 Å². The van der Waals surface area contributed by atoms with Gasteiger partial charge in [0.1, 0.15) is 17.3 Å². The van der Waals surface area contributed by atoms with Crippen LogP contribution in [0, 0.1) is 6.92 Å². The Balaban J connectivity index is 1.57. The van der Waals surface area contributed by atoms with Gasteiger partial charge in [-0.15, -0.1) is 0 Å². The van der Waals surface area contributed by atoms with E-state index in [0.717, 1.165) is 0 Å². The number of carbonyl (C=O) groups excluding carboxylic acids is 1. The maximum atomic E-state index is 11.7. The van der Waals surface area contributed by atoms with Crippen molar-refractivity contribution in [1.82, 2.24) is 15.3 Å². The second-order valence-corrected chi connectivity index (χ2v) is 5.30.